The van der Waals surface area contributed by atoms with Gasteiger partial charge in [-0.2, -0.15) is 0 Å². The van der Waals surface area contributed by atoms with Crippen LogP contribution >= 0.6 is 22.6 Å². The average molecular weight is 287 g/mol. The van der Waals surface area contributed by atoms with Crippen molar-refractivity contribution in [3.63, 3.8) is 0 Å². The van der Waals surface area contributed by atoms with Crippen molar-refractivity contribution in [1.29, 1.82) is 0 Å². The summed E-state index contributed by atoms with van der Waals surface area (Å²) in [7, 11) is 0. The van der Waals surface area contributed by atoms with Crippen molar-refractivity contribution in [2.75, 3.05) is 0 Å². The maximum Gasteiger partial charge on any atom is 0.0130 e. The second-order valence-corrected chi connectivity index (χ2v) is 5.00. The molecule has 70 valence electrons. The summed E-state index contributed by atoms with van der Waals surface area (Å²) >= 11 is 2.33. The van der Waals surface area contributed by atoms with Gasteiger partial charge in [0.05, 0.1) is 0 Å². The molecule has 1 aliphatic carbocycles. The van der Waals surface area contributed by atoms with Crippen molar-refractivity contribution in [2.24, 2.45) is 5.73 Å². The molecule has 1 fully saturated rings. The van der Waals surface area contributed by atoms with Crippen LogP contribution in [-0.4, -0.2) is 6.04 Å². The zero-order valence-electron chi connectivity index (χ0n) is 7.54. The third-order valence-corrected chi connectivity index (χ3v) is 3.59. The Bertz CT molecular complexity index is 281. The Morgan fingerprint density at radius 3 is 2.38 bits per heavy atom. The maximum absolute atomic E-state index is 6.05. The van der Waals surface area contributed by atoms with E-state index in [-0.39, 0.29) is 0 Å². The number of rotatable bonds is 1. The standard InChI is InChI=1S/C11H14IN/c12-9-6-4-8(5-7-9)10-2-1-3-11(10)13/h4-7,10-11H,1-3,13H2/t10-,11-/m0/s1. The van der Waals surface area contributed by atoms with Gasteiger partial charge in [0.2, 0.25) is 0 Å². The minimum absolute atomic E-state index is 0.389. The smallest absolute Gasteiger partial charge is 0.0130 e. The molecule has 0 saturated heterocycles. The van der Waals surface area contributed by atoms with Crippen molar-refractivity contribution < 1.29 is 0 Å². The fourth-order valence-corrected chi connectivity index (χ4v) is 2.47. The number of nitrogens with two attached hydrogens (primary N) is 1. The molecule has 0 bridgehead atoms. The van der Waals surface area contributed by atoms with Crippen LogP contribution in [0.25, 0.3) is 0 Å². The number of hydrogen-bond donors (Lipinski definition) is 1. The van der Waals surface area contributed by atoms with Gasteiger partial charge in [-0.3, -0.25) is 0 Å². The second-order valence-electron chi connectivity index (χ2n) is 3.75. The van der Waals surface area contributed by atoms with Crippen LogP contribution in [0.5, 0.6) is 0 Å². The summed E-state index contributed by atoms with van der Waals surface area (Å²) in [6.07, 6.45) is 3.75. The molecule has 2 atom stereocenters. The minimum Gasteiger partial charge on any atom is -0.327 e. The van der Waals surface area contributed by atoms with E-state index >= 15 is 0 Å². The molecule has 1 aromatic rings. The Morgan fingerprint density at radius 2 is 1.85 bits per heavy atom. The lowest BCUT2D eigenvalue weighted by Crippen LogP contribution is -2.22. The summed E-state index contributed by atoms with van der Waals surface area (Å²) in [5, 5.41) is 0. The van der Waals surface area contributed by atoms with E-state index in [2.05, 4.69) is 46.9 Å². The van der Waals surface area contributed by atoms with Crippen LogP contribution in [0.15, 0.2) is 24.3 Å². The van der Waals surface area contributed by atoms with Crippen molar-refractivity contribution >= 4 is 22.6 Å². The SMILES string of the molecule is N[C@H]1CCC[C@H]1c1ccc(I)cc1. The van der Waals surface area contributed by atoms with Crippen LogP contribution in [0.1, 0.15) is 30.7 Å². The van der Waals surface area contributed by atoms with Crippen molar-refractivity contribution in [3.05, 3.63) is 33.4 Å². The molecular formula is C11H14IN. The van der Waals surface area contributed by atoms with Crippen LogP contribution in [0.2, 0.25) is 0 Å². The molecule has 0 unspecified atom stereocenters. The normalized spacial score (nSPS) is 27.8. The van der Waals surface area contributed by atoms with E-state index < -0.39 is 0 Å². The average Bonchev–Trinajstić information content (AvgIpc) is 2.53. The molecule has 1 aromatic carbocycles. The van der Waals surface area contributed by atoms with E-state index in [1.165, 1.54) is 28.4 Å². The largest absolute Gasteiger partial charge is 0.327 e. The molecule has 0 radical (unpaired) electrons. The monoisotopic (exact) mass is 287 g/mol. The Morgan fingerprint density at radius 1 is 1.15 bits per heavy atom. The number of benzene rings is 1. The maximum atomic E-state index is 6.05. The summed E-state index contributed by atoms with van der Waals surface area (Å²) in [6.45, 7) is 0. The summed E-state index contributed by atoms with van der Waals surface area (Å²) in [5.74, 6) is 0.608. The Kier molecular flexibility index (Phi) is 2.89. The van der Waals surface area contributed by atoms with Gasteiger partial charge in [-0.25, -0.2) is 0 Å². The first-order valence-electron chi connectivity index (χ1n) is 4.78. The molecule has 2 N–H and O–H groups in total. The molecule has 2 rings (SSSR count). The summed E-state index contributed by atoms with van der Waals surface area (Å²) in [6, 6.07) is 9.16. The van der Waals surface area contributed by atoms with Gasteiger partial charge >= 0.3 is 0 Å². The Hall–Kier alpha value is -0.0900. The van der Waals surface area contributed by atoms with Crippen molar-refractivity contribution in [2.45, 2.75) is 31.2 Å². The van der Waals surface area contributed by atoms with E-state index in [1.54, 1.807) is 0 Å². The molecular weight excluding hydrogens is 273 g/mol. The molecule has 0 heterocycles. The first kappa shape index (κ1) is 9.46. The first-order valence-corrected chi connectivity index (χ1v) is 5.86. The van der Waals surface area contributed by atoms with Crippen LogP contribution in [0, 0.1) is 3.57 Å². The lowest BCUT2D eigenvalue weighted by Gasteiger charge is -2.15. The molecule has 1 aliphatic rings. The Labute approximate surface area is 92.9 Å². The predicted octanol–water partition coefficient (Wildman–Crippen LogP) is 2.89. The van der Waals surface area contributed by atoms with Gasteiger partial charge in [-0.15, -0.1) is 0 Å². The van der Waals surface area contributed by atoms with Crippen LogP contribution < -0.4 is 5.73 Å². The molecule has 2 heteroatoms. The highest BCUT2D eigenvalue weighted by atomic mass is 127. The highest BCUT2D eigenvalue weighted by molar-refractivity contribution is 14.1. The van der Waals surface area contributed by atoms with E-state index in [0.29, 0.717) is 12.0 Å². The topological polar surface area (TPSA) is 26.0 Å². The van der Waals surface area contributed by atoms with E-state index in [1.807, 2.05) is 0 Å². The minimum atomic E-state index is 0.389. The van der Waals surface area contributed by atoms with E-state index in [0.717, 1.165) is 0 Å². The molecule has 0 amide bonds. The third-order valence-electron chi connectivity index (χ3n) is 2.87. The van der Waals surface area contributed by atoms with E-state index in [9.17, 15) is 0 Å². The van der Waals surface area contributed by atoms with Crippen LogP contribution in [-0.2, 0) is 0 Å². The molecule has 0 spiro atoms. The van der Waals surface area contributed by atoms with Gasteiger partial charge < -0.3 is 5.73 Å². The molecule has 1 saturated carbocycles. The zero-order valence-corrected chi connectivity index (χ0v) is 9.70. The highest BCUT2D eigenvalue weighted by Crippen LogP contribution is 2.33. The van der Waals surface area contributed by atoms with Crippen LogP contribution in [0.3, 0.4) is 0 Å². The number of hydrogen-bond acceptors (Lipinski definition) is 1. The first-order chi connectivity index (χ1) is 6.27. The lowest BCUT2D eigenvalue weighted by molar-refractivity contribution is 0.613. The van der Waals surface area contributed by atoms with Crippen molar-refractivity contribution in [3.8, 4) is 0 Å². The van der Waals surface area contributed by atoms with Gasteiger partial charge in [0.1, 0.15) is 0 Å². The second kappa shape index (κ2) is 3.96. The lowest BCUT2D eigenvalue weighted by atomic mass is 9.95. The van der Waals surface area contributed by atoms with Gasteiger partial charge in [0, 0.05) is 9.61 Å². The van der Waals surface area contributed by atoms with Gasteiger partial charge in [0.15, 0.2) is 0 Å². The fourth-order valence-electron chi connectivity index (χ4n) is 2.11. The molecule has 13 heavy (non-hydrogen) atoms. The summed E-state index contributed by atoms with van der Waals surface area (Å²) in [4.78, 5) is 0. The van der Waals surface area contributed by atoms with E-state index in [4.69, 9.17) is 5.73 Å². The fraction of sp³-hybridized carbons (Fsp3) is 0.455. The predicted molar refractivity (Wildman–Crippen MR) is 63.7 cm³/mol. The zero-order chi connectivity index (χ0) is 9.26. The Balaban J connectivity index is 2.20. The summed E-state index contributed by atoms with van der Waals surface area (Å²) in [5.41, 5.74) is 7.47. The molecule has 0 aromatic heterocycles. The highest BCUT2D eigenvalue weighted by Gasteiger charge is 2.24. The molecule has 1 nitrogen and oxygen atoms in total. The van der Waals surface area contributed by atoms with Gasteiger partial charge in [0.25, 0.3) is 0 Å². The van der Waals surface area contributed by atoms with Crippen LogP contribution in [0.4, 0.5) is 0 Å². The quantitative estimate of drug-likeness (QED) is 0.790. The van der Waals surface area contributed by atoms with Gasteiger partial charge in [-0.1, -0.05) is 18.6 Å². The van der Waals surface area contributed by atoms with Gasteiger partial charge in [-0.05, 0) is 59.0 Å². The number of halogens is 1. The third kappa shape index (κ3) is 2.05. The molecule has 0 aliphatic heterocycles. The summed E-state index contributed by atoms with van der Waals surface area (Å²) < 4.78 is 1.30. The van der Waals surface area contributed by atoms with Crippen molar-refractivity contribution in [1.82, 2.24) is 0 Å².